The van der Waals surface area contributed by atoms with E-state index in [0.717, 1.165) is 19.0 Å². The lowest BCUT2D eigenvalue weighted by Crippen LogP contribution is -2.54. The number of nitrogens with zero attached hydrogens (tertiary/aromatic N) is 5. The Kier molecular flexibility index (Phi) is 5.08. The van der Waals surface area contributed by atoms with Crippen LogP contribution in [-0.2, 0) is 9.53 Å². The van der Waals surface area contributed by atoms with Crippen LogP contribution in [0.5, 0.6) is 0 Å². The molecule has 2 fully saturated rings. The molecule has 1 aromatic rings. The van der Waals surface area contributed by atoms with E-state index in [9.17, 15) is 14.9 Å². The molecule has 2 aliphatic heterocycles. The SMILES string of the molecule is NC(=Nc1ccc([N+](=O)[O-])cn1)N1CCN(C(=O)[C@@H]2CCCO2)CC1. The van der Waals surface area contributed by atoms with Gasteiger partial charge in [0.05, 0.1) is 4.92 Å². The first-order valence-corrected chi connectivity index (χ1v) is 8.14. The number of nitrogens with two attached hydrogens (primary N) is 1. The zero-order valence-electron chi connectivity index (χ0n) is 13.7. The molecule has 134 valence electrons. The Bertz CT molecular complexity index is 663. The maximum Gasteiger partial charge on any atom is 0.287 e. The second kappa shape index (κ2) is 7.43. The number of carbonyl (C=O) groups is 1. The van der Waals surface area contributed by atoms with Gasteiger partial charge in [0.15, 0.2) is 11.8 Å². The lowest BCUT2D eigenvalue weighted by atomic mass is 10.2. The molecule has 1 atom stereocenters. The first-order chi connectivity index (χ1) is 12.0. The van der Waals surface area contributed by atoms with Crippen LogP contribution in [0, 0.1) is 10.1 Å². The zero-order chi connectivity index (χ0) is 17.8. The number of guanidine groups is 1. The molecule has 2 N–H and O–H groups in total. The average molecular weight is 348 g/mol. The number of aromatic nitrogens is 1. The number of nitro groups is 1. The topological polar surface area (TPSA) is 127 Å². The first kappa shape index (κ1) is 17.1. The van der Waals surface area contributed by atoms with Crippen molar-refractivity contribution in [2.75, 3.05) is 32.8 Å². The highest BCUT2D eigenvalue weighted by molar-refractivity contribution is 5.83. The largest absolute Gasteiger partial charge is 0.369 e. The molecule has 3 heterocycles. The van der Waals surface area contributed by atoms with E-state index in [4.69, 9.17) is 10.5 Å². The van der Waals surface area contributed by atoms with Gasteiger partial charge < -0.3 is 20.3 Å². The molecule has 0 radical (unpaired) electrons. The van der Waals surface area contributed by atoms with Crippen molar-refractivity contribution in [3.63, 3.8) is 0 Å². The van der Waals surface area contributed by atoms with Crippen LogP contribution in [0.25, 0.3) is 0 Å². The molecule has 0 spiro atoms. The number of hydrogen-bond acceptors (Lipinski definition) is 6. The van der Waals surface area contributed by atoms with E-state index >= 15 is 0 Å². The second-order valence-electron chi connectivity index (χ2n) is 5.92. The summed E-state index contributed by atoms with van der Waals surface area (Å²) in [6.07, 6.45) is 2.55. The highest BCUT2D eigenvalue weighted by Gasteiger charge is 2.30. The summed E-state index contributed by atoms with van der Waals surface area (Å²) in [4.78, 5) is 34.2. The molecule has 25 heavy (non-hydrogen) atoms. The van der Waals surface area contributed by atoms with E-state index in [-0.39, 0.29) is 23.7 Å². The minimum absolute atomic E-state index is 0.0460. The van der Waals surface area contributed by atoms with Crippen molar-refractivity contribution in [2.24, 2.45) is 10.7 Å². The van der Waals surface area contributed by atoms with Crippen LogP contribution < -0.4 is 5.73 Å². The Morgan fingerprint density at radius 1 is 1.32 bits per heavy atom. The molecule has 0 aromatic carbocycles. The molecule has 0 aliphatic carbocycles. The number of rotatable bonds is 3. The maximum atomic E-state index is 12.3. The third-order valence-electron chi connectivity index (χ3n) is 4.29. The fraction of sp³-hybridized carbons (Fsp3) is 0.533. The predicted octanol–water partition coefficient (Wildman–Crippen LogP) is 0.259. The summed E-state index contributed by atoms with van der Waals surface area (Å²) in [5, 5.41) is 10.6. The van der Waals surface area contributed by atoms with Gasteiger partial charge in [0.2, 0.25) is 0 Å². The van der Waals surface area contributed by atoms with Gasteiger partial charge in [-0.3, -0.25) is 14.9 Å². The molecule has 0 saturated carbocycles. The number of piperazine rings is 1. The zero-order valence-corrected chi connectivity index (χ0v) is 13.7. The highest BCUT2D eigenvalue weighted by atomic mass is 16.6. The lowest BCUT2D eigenvalue weighted by Gasteiger charge is -2.36. The van der Waals surface area contributed by atoms with Gasteiger partial charge in [0.25, 0.3) is 11.6 Å². The average Bonchev–Trinajstić information content (AvgIpc) is 3.16. The van der Waals surface area contributed by atoms with Crippen molar-refractivity contribution < 1.29 is 14.5 Å². The number of hydrogen-bond donors (Lipinski definition) is 1. The monoisotopic (exact) mass is 348 g/mol. The Labute approximate surface area is 144 Å². The van der Waals surface area contributed by atoms with Crippen molar-refractivity contribution in [1.29, 1.82) is 0 Å². The van der Waals surface area contributed by atoms with Crippen LogP contribution in [0.2, 0.25) is 0 Å². The van der Waals surface area contributed by atoms with E-state index in [2.05, 4.69) is 9.98 Å². The second-order valence-corrected chi connectivity index (χ2v) is 5.92. The van der Waals surface area contributed by atoms with Crippen LogP contribution in [-0.4, -0.2) is 70.5 Å². The Morgan fingerprint density at radius 3 is 2.60 bits per heavy atom. The van der Waals surface area contributed by atoms with Gasteiger partial charge in [-0.1, -0.05) is 0 Å². The standard InChI is InChI=1S/C15H20N6O4/c16-15(18-13-4-3-11(10-17-13)21(23)24)20-7-5-19(6-8-20)14(22)12-2-1-9-25-12/h3-4,10,12H,1-2,5-9H2,(H2,16,17,18)/t12-/m0/s1. The van der Waals surface area contributed by atoms with Gasteiger partial charge in [0, 0.05) is 38.9 Å². The summed E-state index contributed by atoms with van der Waals surface area (Å²) >= 11 is 0. The maximum absolute atomic E-state index is 12.3. The fourth-order valence-corrected chi connectivity index (χ4v) is 2.87. The van der Waals surface area contributed by atoms with Gasteiger partial charge in [-0.05, 0) is 18.9 Å². The van der Waals surface area contributed by atoms with E-state index in [1.54, 1.807) is 4.90 Å². The van der Waals surface area contributed by atoms with Gasteiger partial charge >= 0.3 is 0 Å². The Balaban J connectivity index is 1.56. The molecule has 0 bridgehead atoms. The number of amides is 1. The van der Waals surface area contributed by atoms with Crippen LogP contribution in [0.4, 0.5) is 11.5 Å². The predicted molar refractivity (Wildman–Crippen MR) is 89.3 cm³/mol. The third kappa shape index (κ3) is 4.02. The van der Waals surface area contributed by atoms with Crippen molar-refractivity contribution in [2.45, 2.75) is 18.9 Å². The van der Waals surface area contributed by atoms with E-state index in [1.807, 2.05) is 4.90 Å². The quantitative estimate of drug-likeness (QED) is 0.359. The minimum atomic E-state index is -0.520. The van der Waals surface area contributed by atoms with Crippen LogP contribution in [0.15, 0.2) is 23.3 Å². The molecule has 0 unspecified atom stereocenters. The van der Waals surface area contributed by atoms with Gasteiger partial charge in [0.1, 0.15) is 12.3 Å². The first-order valence-electron chi connectivity index (χ1n) is 8.14. The Morgan fingerprint density at radius 2 is 2.04 bits per heavy atom. The summed E-state index contributed by atoms with van der Waals surface area (Å²) in [7, 11) is 0. The normalized spacial score (nSPS) is 21.4. The molecule has 2 saturated heterocycles. The van der Waals surface area contributed by atoms with E-state index in [1.165, 1.54) is 12.1 Å². The van der Waals surface area contributed by atoms with Gasteiger partial charge in [-0.25, -0.2) is 4.98 Å². The molecular formula is C15H20N6O4. The summed E-state index contributed by atoms with van der Waals surface area (Å²) in [5.74, 6) is 0.635. The number of aliphatic imine (C=N–C) groups is 1. The van der Waals surface area contributed by atoms with E-state index < -0.39 is 4.92 Å². The highest BCUT2D eigenvalue weighted by Crippen LogP contribution is 2.17. The van der Waals surface area contributed by atoms with Crippen molar-refractivity contribution in [1.82, 2.24) is 14.8 Å². The summed E-state index contributed by atoms with van der Waals surface area (Å²) in [6.45, 7) is 2.91. The smallest absolute Gasteiger partial charge is 0.287 e. The van der Waals surface area contributed by atoms with E-state index in [0.29, 0.717) is 38.6 Å². The molecule has 1 amide bonds. The molecular weight excluding hydrogens is 328 g/mol. The fourth-order valence-electron chi connectivity index (χ4n) is 2.87. The molecule has 3 rings (SSSR count). The Hall–Kier alpha value is -2.75. The van der Waals surface area contributed by atoms with Crippen molar-refractivity contribution >= 4 is 23.4 Å². The van der Waals surface area contributed by atoms with Crippen LogP contribution in [0.3, 0.4) is 0 Å². The lowest BCUT2D eigenvalue weighted by molar-refractivity contribution is -0.385. The van der Waals surface area contributed by atoms with Crippen molar-refractivity contribution in [3.05, 3.63) is 28.4 Å². The summed E-state index contributed by atoms with van der Waals surface area (Å²) < 4.78 is 5.44. The summed E-state index contributed by atoms with van der Waals surface area (Å²) in [5.41, 5.74) is 5.90. The minimum Gasteiger partial charge on any atom is -0.369 e. The number of pyridine rings is 1. The van der Waals surface area contributed by atoms with Crippen molar-refractivity contribution in [3.8, 4) is 0 Å². The van der Waals surface area contributed by atoms with Gasteiger partial charge in [-0.15, -0.1) is 0 Å². The summed E-state index contributed by atoms with van der Waals surface area (Å²) in [6, 6.07) is 2.78. The molecule has 10 heteroatoms. The van der Waals surface area contributed by atoms with Gasteiger partial charge in [-0.2, -0.15) is 4.99 Å². The number of ether oxygens (including phenoxy) is 1. The molecule has 1 aromatic heterocycles. The van der Waals surface area contributed by atoms with Crippen LogP contribution in [0.1, 0.15) is 12.8 Å². The van der Waals surface area contributed by atoms with Crippen LogP contribution >= 0.6 is 0 Å². The number of carbonyl (C=O) groups excluding carboxylic acids is 1. The third-order valence-corrected chi connectivity index (χ3v) is 4.29. The molecule has 10 nitrogen and oxygen atoms in total. The molecule has 2 aliphatic rings.